The summed E-state index contributed by atoms with van der Waals surface area (Å²) in [6.07, 6.45) is 5.32. The number of benzene rings is 1. The Labute approximate surface area is 150 Å². The number of amides is 1. The van der Waals surface area contributed by atoms with Crippen LogP contribution in [-0.2, 0) is 0 Å². The molecule has 0 bridgehead atoms. The number of rotatable bonds is 3. The molecule has 1 amide bonds. The Bertz CT molecular complexity index is 886. The van der Waals surface area contributed by atoms with Crippen molar-refractivity contribution in [3.8, 4) is 0 Å². The van der Waals surface area contributed by atoms with Crippen molar-refractivity contribution in [2.75, 3.05) is 0 Å². The number of nitrogens with zero attached hydrogens (tertiary/aromatic N) is 2. The molecule has 1 aliphatic rings. The maximum atomic E-state index is 12.2. The van der Waals surface area contributed by atoms with E-state index in [-0.39, 0.29) is 17.9 Å². The number of hydrogen-bond donors (Lipinski definition) is 1. The van der Waals surface area contributed by atoms with Crippen molar-refractivity contribution >= 4 is 28.6 Å². The van der Waals surface area contributed by atoms with Crippen LogP contribution in [0.5, 0.6) is 0 Å². The highest BCUT2D eigenvalue weighted by Gasteiger charge is 2.27. The molecule has 25 heavy (non-hydrogen) atoms. The van der Waals surface area contributed by atoms with Gasteiger partial charge in [0.15, 0.2) is 11.5 Å². The van der Waals surface area contributed by atoms with E-state index in [0.29, 0.717) is 10.7 Å². The highest BCUT2D eigenvalue weighted by molar-refractivity contribution is 6.31. The molecule has 0 aliphatic heterocycles. The van der Waals surface area contributed by atoms with E-state index in [1.54, 1.807) is 18.3 Å². The van der Waals surface area contributed by atoms with E-state index in [0.717, 1.165) is 42.7 Å². The molecular weight excluding hydrogens is 338 g/mol. The van der Waals surface area contributed by atoms with E-state index >= 15 is 0 Å². The van der Waals surface area contributed by atoms with E-state index in [2.05, 4.69) is 15.3 Å². The predicted octanol–water partition coefficient (Wildman–Crippen LogP) is 4.33. The first-order valence-corrected chi connectivity index (χ1v) is 8.85. The Morgan fingerprint density at radius 3 is 2.76 bits per heavy atom. The molecule has 1 saturated carbocycles. The fraction of sp³-hybridized carbons (Fsp3) is 0.316. The van der Waals surface area contributed by atoms with Crippen LogP contribution >= 0.6 is 11.6 Å². The van der Waals surface area contributed by atoms with Crippen LogP contribution in [0.1, 0.15) is 48.0 Å². The van der Waals surface area contributed by atoms with Gasteiger partial charge in [0, 0.05) is 23.2 Å². The third kappa shape index (κ3) is 3.51. The zero-order valence-corrected chi connectivity index (χ0v) is 14.4. The summed E-state index contributed by atoms with van der Waals surface area (Å²) in [5.41, 5.74) is 2.03. The first kappa shape index (κ1) is 16.1. The van der Waals surface area contributed by atoms with Gasteiger partial charge < -0.3 is 9.73 Å². The molecule has 128 valence electrons. The number of pyridine rings is 1. The van der Waals surface area contributed by atoms with E-state index < -0.39 is 0 Å². The number of nitrogens with one attached hydrogen (secondary N) is 1. The van der Waals surface area contributed by atoms with E-state index in [4.69, 9.17) is 16.0 Å². The van der Waals surface area contributed by atoms with Crippen molar-refractivity contribution in [3.05, 3.63) is 59.2 Å². The number of oxazole rings is 1. The smallest absolute Gasteiger partial charge is 0.270 e. The molecule has 4 rings (SSSR count). The van der Waals surface area contributed by atoms with Crippen LogP contribution in [-0.4, -0.2) is 21.9 Å². The standard InChI is InChI=1S/C19H18ClN3O2/c20-13-6-9-17-16(11-13)23-19(25-17)12-4-7-14(8-5-12)22-18(24)15-3-1-2-10-21-15/h1-3,6,9-12,14H,4-5,7-8H2,(H,22,24). The van der Waals surface area contributed by atoms with E-state index in [9.17, 15) is 4.79 Å². The van der Waals surface area contributed by atoms with Crippen LogP contribution in [0.2, 0.25) is 5.02 Å². The van der Waals surface area contributed by atoms with Crippen LogP contribution in [0.15, 0.2) is 47.0 Å². The maximum absolute atomic E-state index is 12.2. The molecule has 1 fully saturated rings. The first-order chi connectivity index (χ1) is 12.2. The molecule has 2 aromatic heterocycles. The molecule has 0 saturated heterocycles. The van der Waals surface area contributed by atoms with Gasteiger partial charge in [0.05, 0.1) is 0 Å². The van der Waals surface area contributed by atoms with Gasteiger partial charge in [0.1, 0.15) is 11.2 Å². The van der Waals surface area contributed by atoms with Crippen LogP contribution in [0.25, 0.3) is 11.1 Å². The zero-order chi connectivity index (χ0) is 17.2. The van der Waals surface area contributed by atoms with Crippen molar-refractivity contribution in [2.45, 2.75) is 37.6 Å². The summed E-state index contributed by atoms with van der Waals surface area (Å²) >= 11 is 6.00. The molecule has 6 heteroatoms. The second-order valence-corrected chi connectivity index (χ2v) is 6.84. The molecular formula is C19H18ClN3O2. The fourth-order valence-electron chi connectivity index (χ4n) is 3.33. The van der Waals surface area contributed by atoms with E-state index in [1.165, 1.54) is 0 Å². The van der Waals surface area contributed by atoms with Gasteiger partial charge in [-0.2, -0.15) is 0 Å². The highest BCUT2D eigenvalue weighted by atomic mass is 35.5. The SMILES string of the molecule is O=C(NC1CCC(c2nc3cc(Cl)ccc3o2)CC1)c1ccccn1. The maximum Gasteiger partial charge on any atom is 0.270 e. The summed E-state index contributed by atoms with van der Waals surface area (Å²) in [7, 11) is 0. The molecule has 3 aromatic rings. The Kier molecular flexibility index (Phi) is 4.40. The lowest BCUT2D eigenvalue weighted by Gasteiger charge is -2.27. The van der Waals surface area contributed by atoms with Crippen molar-refractivity contribution in [1.82, 2.24) is 15.3 Å². The Morgan fingerprint density at radius 1 is 1.16 bits per heavy atom. The first-order valence-electron chi connectivity index (χ1n) is 8.47. The number of fused-ring (bicyclic) bond motifs is 1. The van der Waals surface area contributed by atoms with Gasteiger partial charge in [0.2, 0.25) is 0 Å². The average molecular weight is 356 g/mol. The van der Waals surface area contributed by atoms with Crippen LogP contribution in [0.4, 0.5) is 0 Å². The molecule has 0 unspecified atom stereocenters. The lowest BCUT2D eigenvalue weighted by molar-refractivity contribution is 0.0920. The minimum atomic E-state index is -0.111. The van der Waals surface area contributed by atoms with Crippen molar-refractivity contribution < 1.29 is 9.21 Å². The molecule has 5 nitrogen and oxygen atoms in total. The largest absolute Gasteiger partial charge is 0.440 e. The second-order valence-electron chi connectivity index (χ2n) is 6.40. The summed E-state index contributed by atoms with van der Waals surface area (Å²) in [4.78, 5) is 20.9. The number of carbonyl (C=O) groups is 1. The Balaban J connectivity index is 1.38. The average Bonchev–Trinajstić information content (AvgIpc) is 3.06. The van der Waals surface area contributed by atoms with Crippen LogP contribution in [0.3, 0.4) is 0 Å². The second kappa shape index (κ2) is 6.84. The van der Waals surface area contributed by atoms with Gasteiger partial charge >= 0.3 is 0 Å². The molecule has 2 heterocycles. The van der Waals surface area contributed by atoms with Gasteiger partial charge in [-0.25, -0.2) is 4.98 Å². The van der Waals surface area contributed by atoms with Crippen molar-refractivity contribution in [2.24, 2.45) is 0 Å². The van der Waals surface area contributed by atoms with Gasteiger partial charge in [-0.1, -0.05) is 17.7 Å². The summed E-state index contributed by atoms with van der Waals surface area (Å²) < 4.78 is 5.88. The topological polar surface area (TPSA) is 68.0 Å². The fourth-order valence-corrected chi connectivity index (χ4v) is 3.50. The summed E-state index contributed by atoms with van der Waals surface area (Å²) in [5.74, 6) is 0.946. The molecule has 0 spiro atoms. The van der Waals surface area contributed by atoms with Gasteiger partial charge in [0.25, 0.3) is 5.91 Å². The third-order valence-electron chi connectivity index (χ3n) is 4.68. The number of carbonyl (C=O) groups excluding carboxylic acids is 1. The normalized spacial score (nSPS) is 20.5. The lowest BCUT2D eigenvalue weighted by Crippen LogP contribution is -2.37. The van der Waals surface area contributed by atoms with Crippen LogP contribution < -0.4 is 5.32 Å². The number of aromatic nitrogens is 2. The minimum Gasteiger partial charge on any atom is -0.440 e. The zero-order valence-electron chi connectivity index (χ0n) is 13.6. The molecule has 1 N–H and O–H groups in total. The van der Waals surface area contributed by atoms with Crippen molar-refractivity contribution in [3.63, 3.8) is 0 Å². The summed E-state index contributed by atoms with van der Waals surface area (Å²) in [6.45, 7) is 0. The molecule has 1 aromatic carbocycles. The minimum absolute atomic E-state index is 0.111. The lowest BCUT2D eigenvalue weighted by atomic mass is 9.86. The summed E-state index contributed by atoms with van der Waals surface area (Å²) in [5, 5.41) is 3.73. The monoisotopic (exact) mass is 355 g/mol. The van der Waals surface area contributed by atoms with Crippen LogP contribution in [0, 0.1) is 0 Å². The number of halogens is 1. The Hall–Kier alpha value is -2.40. The Morgan fingerprint density at radius 2 is 2.00 bits per heavy atom. The quantitative estimate of drug-likeness (QED) is 0.759. The van der Waals surface area contributed by atoms with Gasteiger partial charge in [-0.3, -0.25) is 9.78 Å². The molecule has 0 radical (unpaired) electrons. The van der Waals surface area contributed by atoms with Crippen molar-refractivity contribution in [1.29, 1.82) is 0 Å². The van der Waals surface area contributed by atoms with Gasteiger partial charge in [-0.05, 0) is 56.0 Å². The van der Waals surface area contributed by atoms with Gasteiger partial charge in [-0.15, -0.1) is 0 Å². The molecule has 1 aliphatic carbocycles. The number of hydrogen-bond acceptors (Lipinski definition) is 4. The third-order valence-corrected chi connectivity index (χ3v) is 4.91. The predicted molar refractivity (Wildman–Crippen MR) is 95.7 cm³/mol. The highest BCUT2D eigenvalue weighted by Crippen LogP contribution is 2.34. The van der Waals surface area contributed by atoms with E-state index in [1.807, 2.05) is 24.3 Å². The summed E-state index contributed by atoms with van der Waals surface area (Å²) in [6, 6.07) is 11.0. The molecule has 0 atom stereocenters.